The van der Waals surface area contributed by atoms with Gasteiger partial charge in [-0.15, -0.1) is 0 Å². The monoisotopic (exact) mass is 301 g/mol. The Morgan fingerprint density at radius 2 is 2.00 bits per heavy atom. The van der Waals surface area contributed by atoms with Crippen molar-refractivity contribution in [3.8, 4) is 11.5 Å². The van der Waals surface area contributed by atoms with Crippen LogP contribution in [-0.4, -0.2) is 28.0 Å². The maximum atomic E-state index is 11.8. The van der Waals surface area contributed by atoms with E-state index in [9.17, 15) is 9.90 Å². The third kappa shape index (κ3) is 3.93. The first-order valence-electron chi connectivity index (χ1n) is 5.22. The van der Waals surface area contributed by atoms with E-state index in [0.717, 1.165) is 5.33 Å². The van der Waals surface area contributed by atoms with Crippen LogP contribution in [0.25, 0.3) is 0 Å². The van der Waals surface area contributed by atoms with Crippen LogP contribution in [0.2, 0.25) is 0 Å². The minimum absolute atomic E-state index is 0.0331. The highest BCUT2D eigenvalue weighted by Gasteiger charge is 2.18. The molecule has 0 aliphatic carbocycles. The average molecular weight is 302 g/mol. The van der Waals surface area contributed by atoms with Crippen LogP contribution in [-0.2, 0) is 0 Å². The molecule has 0 atom stereocenters. The number of aromatic hydroxyl groups is 2. The number of phenols is 2. The Morgan fingerprint density at radius 3 is 2.53 bits per heavy atom. The van der Waals surface area contributed by atoms with Crippen molar-refractivity contribution in [1.82, 2.24) is 5.32 Å². The molecule has 5 heteroatoms. The van der Waals surface area contributed by atoms with Crippen molar-refractivity contribution in [2.24, 2.45) is 5.41 Å². The van der Waals surface area contributed by atoms with E-state index in [4.69, 9.17) is 5.11 Å². The Hall–Kier alpha value is -1.23. The molecule has 0 aromatic heterocycles. The summed E-state index contributed by atoms with van der Waals surface area (Å²) in [5.74, 6) is -0.797. The molecule has 0 aliphatic rings. The molecule has 1 aromatic carbocycles. The summed E-state index contributed by atoms with van der Waals surface area (Å²) < 4.78 is 0. The molecule has 0 saturated carbocycles. The van der Waals surface area contributed by atoms with E-state index >= 15 is 0 Å². The van der Waals surface area contributed by atoms with Gasteiger partial charge in [0, 0.05) is 17.4 Å². The molecule has 1 rings (SSSR count). The molecule has 0 radical (unpaired) electrons. The van der Waals surface area contributed by atoms with Crippen molar-refractivity contribution in [3.05, 3.63) is 23.8 Å². The molecule has 4 nitrogen and oxygen atoms in total. The fourth-order valence-corrected chi connectivity index (χ4v) is 1.33. The molecule has 0 aliphatic heterocycles. The van der Waals surface area contributed by atoms with E-state index in [2.05, 4.69) is 21.2 Å². The highest BCUT2D eigenvalue weighted by molar-refractivity contribution is 9.09. The number of amides is 1. The Kier molecular flexibility index (Phi) is 4.40. The smallest absolute Gasteiger partial charge is 0.251 e. The first-order valence-corrected chi connectivity index (χ1v) is 6.34. The maximum absolute atomic E-state index is 11.8. The van der Waals surface area contributed by atoms with Gasteiger partial charge in [0.05, 0.1) is 0 Å². The lowest BCUT2D eigenvalue weighted by molar-refractivity contribution is 0.0940. The highest BCUT2D eigenvalue weighted by atomic mass is 79.9. The van der Waals surface area contributed by atoms with Gasteiger partial charge in [0.25, 0.3) is 5.91 Å². The highest BCUT2D eigenvalue weighted by Crippen LogP contribution is 2.25. The number of alkyl halides is 1. The van der Waals surface area contributed by atoms with Crippen molar-refractivity contribution in [3.63, 3.8) is 0 Å². The molecular weight excluding hydrogens is 286 g/mol. The summed E-state index contributed by atoms with van der Waals surface area (Å²) >= 11 is 3.37. The van der Waals surface area contributed by atoms with E-state index in [1.165, 1.54) is 18.2 Å². The number of rotatable bonds is 4. The first-order chi connectivity index (χ1) is 7.85. The third-order valence-electron chi connectivity index (χ3n) is 2.33. The van der Waals surface area contributed by atoms with Crippen LogP contribution in [0.15, 0.2) is 18.2 Å². The number of carbonyl (C=O) groups is 1. The van der Waals surface area contributed by atoms with Crippen molar-refractivity contribution >= 4 is 21.8 Å². The van der Waals surface area contributed by atoms with Gasteiger partial charge in [-0.2, -0.15) is 0 Å². The van der Waals surface area contributed by atoms with E-state index < -0.39 is 0 Å². The van der Waals surface area contributed by atoms with Crippen LogP contribution >= 0.6 is 15.9 Å². The second kappa shape index (κ2) is 5.40. The summed E-state index contributed by atoms with van der Waals surface area (Å²) in [6.07, 6.45) is 0. The minimum Gasteiger partial charge on any atom is -0.504 e. The largest absolute Gasteiger partial charge is 0.504 e. The van der Waals surface area contributed by atoms with Gasteiger partial charge < -0.3 is 15.5 Å². The van der Waals surface area contributed by atoms with Crippen LogP contribution in [0.1, 0.15) is 24.2 Å². The normalized spacial score (nSPS) is 11.2. The number of halogens is 1. The van der Waals surface area contributed by atoms with Gasteiger partial charge in [-0.3, -0.25) is 4.79 Å². The van der Waals surface area contributed by atoms with E-state index in [1.807, 2.05) is 13.8 Å². The lowest BCUT2D eigenvalue weighted by atomic mass is 9.97. The molecule has 0 saturated heterocycles. The zero-order chi connectivity index (χ0) is 13.1. The molecular formula is C12H16BrNO3. The predicted molar refractivity (Wildman–Crippen MR) is 69.7 cm³/mol. The van der Waals surface area contributed by atoms with Gasteiger partial charge in [0.2, 0.25) is 0 Å². The second-order valence-corrected chi connectivity index (χ2v) is 5.24. The lowest BCUT2D eigenvalue weighted by Crippen LogP contribution is -2.34. The van der Waals surface area contributed by atoms with E-state index in [1.54, 1.807) is 0 Å². The van der Waals surface area contributed by atoms with E-state index in [0.29, 0.717) is 12.1 Å². The SMILES string of the molecule is CC(C)(CBr)CNC(=O)c1ccc(O)c(O)c1. The molecule has 94 valence electrons. The third-order valence-corrected chi connectivity index (χ3v) is 3.84. The number of hydrogen-bond donors (Lipinski definition) is 3. The van der Waals surface area contributed by atoms with Gasteiger partial charge >= 0.3 is 0 Å². The molecule has 0 bridgehead atoms. The van der Waals surface area contributed by atoms with Crippen LogP contribution in [0.3, 0.4) is 0 Å². The van der Waals surface area contributed by atoms with Gasteiger partial charge in [-0.1, -0.05) is 29.8 Å². The van der Waals surface area contributed by atoms with Gasteiger partial charge in [0.15, 0.2) is 11.5 Å². The summed E-state index contributed by atoms with van der Waals surface area (Å²) in [6, 6.07) is 4.00. The standard InChI is InChI=1S/C12H16BrNO3/c1-12(2,6-13)7-14-11(17)8-3-4-9(15)10(16)5-8/h3-5,15-16H,6-7H2,1-2H3,(H,14,17). The van der Waals surface area contributed by atoms with E-state index in [-0.39, 0.29) is 22.8 Å². The van der Waals surface area contributed by atoms with Crippen LogP contribution < -0.4 is 5.32 Å². The Labute approximate surface area is 109 Å². The Balaban J connectivity index is 2.68. The maximum Gasteiger partial charge on any atom is 0.251 e. The summed E-state index contributed by atoms with van der Waals surface area (Å²) in [6.45, 7) is 4.57. The quantitative estimate of drug-likeness (QED) is 0.590. The Morgan fingerprint density at radius 1 is 1.35 bits per heavy atom. The number of nitrogens with one attached hydrogen (secondary N) is 1. The van der Waals surface area contributed by atoms with Gasteiger partial charge in [0.1, 0.15) is 0 Å². The summed E-state index contributed by atoms with van der Waals surface area (Å²) in [4.78, 5) is 11.8. The van der Waals surface area contributed by atoms with Crippen LogP contribution in [0.4, 0.5) is 0 Å². The molecule has 0 unspecified atom stereocenters. The zero-order valence-corrected chi connectivity index (χ0v) is 11.4. The Bertz CT molecular complexity index is 418. The summed E-state index contributed by atoms with van der Waals surface area (Å²) in [5.41, 5.74) is 0.292. The van der Waals surface area contributed by atoms with Crippen molar-refractivity contribution in [2.75, 3.05) is 11.9 Å². The lowest BCUT2D eigenvalue weighted by Gasteiger charge is -2.21. The minimum atomic E-state index is -0.294. The molecule has 17 heavy (non-hydrogen) atoms. The van der Waals surface area contributed by atoms with Crippen molar-refractivity contribution in [1.29, 1.82) is 0 Å². The topological polar surface area (TPSA) is 69.6 Å². The van der Waals surface area contributed by atoms with Crippen molar-refractivity contribution < 1.29 is 15.0 Å². The fourth-order valence-electron chi connectivity index (χ4n) is 1.13. The second-order valence-electron chi connectivity index (χ2n) is 4.68. The van der Waals surface area contributed by atoms with Crippen LogP contribution in [0.5, 0.6) is 11.5 Å². The van der Waals surface area contributed by atoms with Gasteiger partial charge in [-0.05, 0) is 23.6 Å². The molecule has 0 fully saturated rings. The number of hydrogen-bond acceptors (Lipinski definition) is 3. The first kappa shape index (κ1) is 13.8. The molecule has 0 heterocycles. The molecule has 3 N–H and O–H groups in total. The van der Waals surface area contributed by atoms with Crippen molar-refractivity contribution in [2.45, 2.75) is 13.8 Å². The summed E-state index contributed by atoms with van der Waals surface area (Å²) in [5, 5.41) is 22.0. The molecule has 0 spiro atoms. The van der Waals surface area contributed by atoms with Crippen LogP contribution in [0, 0.1) is 5.41 Å². The zero-order valence-electron chi connectivity index (χ0n) is 9.83. The molecule has 1 aromatic rings. The number of phenolic OH excluding ortho intramolecular Hbond substituents is 2. The van der Waals surface area contributed by atoms with Gasteiger partial charge in [-0.25, -0.2) is 0 Å². The fraction of sp³-hybridized carbons (Fsp3) is 0.417. The molecule has 1 amide bonds. The number of carbonyl (C=O) groups excluding carboxylic acids is 1. The average Bonchev–Trinajstić information content (AvgIpc) is 2.30. The number of benzene rings is 1. The summed E-state index contributed by atoms with van der Waals surface area (Å²) in [7, 11) is 0. The predicted octanol–water partition coefficient (Wildman–Crippen LogP) is 2.25.